The van der Waals surface area contributed by atoms with E-state index in [9.17, 15) is 4.79 Å². The molecule has 0 aliphatic carbocycles. The number of hydrogen-bond donors (Lipinski definition) is 1. The molecule has 1 N–H and O–H groups in total. The summed E-state index contributed by atoms with van der Waals surface area (Å²) in [5.74, 6) is 0.0995. The van der Waals surface area contributed by atoms with E-state index in [0.29, 0.717) is 5.02 Å². The summed E-state index contributed by atoms with van der Waals surface area (Å²) in [6.45, 7) is 5.96. The van der Waals surface area contributed by atoms with Crippen LogP contribution in [0.1, 0.15) is 27.2 Å². The number of carbonyl (C=O) groups excluding carboxylic acids is 1. The van der Waals surface area contributed by atoms with Crippen LogP contribution in [0.25, 0.3) is 0 Å². The molecule has 2 nitrogen and oxygen atoms in total. The van der Waals surface area contributed by atoms with Crippen LogP contribution in [0, 0.1) is 0 Å². The topological polar surface area (TPSA) is 29.1 Å². The third-order valence-electron chi connectivity index (χ3n) is 2.19. The Morgan fingerprint density at radius 2 is 1.94 bits per heavy atom. The highest BCUT2D eigenvalue weighted by Gasteiger charge is 2.18. The number of halogens is 1. The van der Waals surface area contributed by atoms with Crippen LogP contribution in [0.2, 0.25) is 5.02 Å². The Bertz CT molecular complexity index is 364. The number of thioether (sulfide) groups is 1. The Hall–Kier alpha value is -0.670. The molecule has 94 valence electrons. The van der Waals surface area contributed by atoms with Gasteiger partial charge in [-0.2, -0.15) is 0 Å². The van der Waals surface area contributed by atoms with E-state index in [0.717, 1.165) is 11.3 Å². The van der Waals surface area contributed by atoms with Crippen molar-refractivity contribution in [3.8, 4) is 0 Å². The largest absolute Gasteiger partial charge is 0.353 e. The summed E-state index contributed by atoms with van der Waals surface area (Å²) in [6, 6.07) is 7.76. The molecule has 0 aliphatic heterocycles. The molecule has 1 amide bonds. The predicted molar refractivity (Wildman–Crippen MR) is 74.7 cm³/mol. The Morgan fingerprint density at radius 3 is 2.41 bits per heavy atom. The van der Waals surface area contributed by atoms with Crippen LogP contribution >= 0.6 is 23.4 Å². The fraction of sp³-hybridized carbons (Fsp3) is 0.462. The van der Waals surface area contributed by atoms with Crippen molar-refractivity contribution in [3.05, 3.63) is 29.3 Å². The zero-order chi connectivity index (χ0) is 12.8. The molecular formula is C13H18ClNOS. The van der Waals surface area contributed by atoms with Gasteiger partial charge in [-0.05, 0) is 44.5 Å². The molecule has 0 aliphatic rings. The predicted octanol–water partition coefficient (Wildman–Crippen LogP) is 3.74. The molecule has 0 saturated carbocycles. The molecule has 1 rings (SSSR count). The van der Waals surface area contributed by atoms with Gasteiger partial charge in [-0.15, -0.1) is 11.8 Å². The average Bonchev–Trinajstić information content (AvgIpc) is 2.27. The number of amides is 1. The van der Waals surface area contributed by atoms with Gasteiger partial charge in [-0.25, -0.2) is 0 Å². The number of rotatable bonds is 5. The van der Waals surface area contributed by atoms with E-state index in [-0.39, 0.29) is 17.2 Å². The summed E-state index contributed by atoms with van der Waals surface area (Å²) >= 11 is 7.40. The lowest BCUT2D eigenvalue weighted by Crippen LogP contribution is -2.36. The lowest BCUT2D eigenvalue weighted by molar-refractivity contribution is -0.121. The first-order chi connectivity index (χ1) is 8.02. The third-order valence-corrected chi connectivity index (χ3v) is 3.81. The van der Waals surface area contributed by atoms with Gasteiger partial charge in [-0.3, -0.25) is 4.79 Å². The molecule has 0 radical (unpaired) electrons. The highest BCUT2D eigenvalue weighted by Crippen LogP contribution is 2.26. The van der Waals surface area contributed by atoms with Crippen LogP contribution in [0.4, 0.5) is 0 Å². The minimum Gasteiger partial charge on any atom is -0.353 e. The first-order valence-electron chi connectivity index (χ1n) is 5.75. The average molecular weight is 272 g/mol. The second kappa shape index (κ2) is 6.92. The number of hydrogen-bond acceptors (Lipinski definition) is 2. The maximum Gasteiger partial charge on any atom is 0.233 e. The normalized spacial score (nSPS) is 12.5. The molecule has 0 fully saturated rings. The molecule has 1 unspecified atom stereocenters. The van der Waals surface area contributed by atoms with E-state index in [1.807, 2.05) is 45.0 Å². The van der Waals surface area contributed by atoms with Gasteiger partial charge in [0.05, 0.1) is 5.25 Å². The van der Waals surface area contributed by atoms with Crippen molar-refractivity contribution in [2.45, 2.75) is 43.4 Å². The number of carbonyl (C=O) groups is 1. The highest BCUT2D eigenvalue weighted by molar-refractivity contribution is 8.00. The zero-order valence-corrected chi connectivity index (χ0v) is 11.9. The molecular weight excluding hydrogens is 254 g/mol. The van der Waals surface area contributed by atoms with Crippen molar-refractivity contribution in [2.75, 3.05) is 0 Å². The highest BCUT2D eigenvalue weighted by atomic mass is 35.5. The van der Waals surface area contributed by atoms with E-state index in [1.54, 1.807) is 11.8 Å². The minimum atomic E-state index is -0.0430. The molecule has 1 aromatic carbocycles. The number of benzene rings is 1. The Labute approximate surface area is 112 Å². The summed E-state index contributed by atoms with van der Waals surface area (Å²) < 4.78 is 0. The molecule has 17 heavy (non-hydrogen) atoms. The fourth-order valence-corrected chi connectivity index (χ4v) is 2.47. The molecule has 0 bridgehead atoms. The Balaban J connectivity index is 2.63. The lowest BCUT2D eigenvalue weighted by atomic mass is 10.3. The molecule has 0 saturated heterocycles. The second-order valence-corrected chi connectivity index (χ2v) is 5.84. The maximum atomic E-state index is 11.9. The van der Waals surface area contributed by atoms with Gasteiger partial charge in [-0.1, -0.05) is 18.5 Å². The molecule has 0 aromatic heterocycles. The summed E-state index contributed by atoms with van der Waals surface area (Å²) in [4.78, 5) is 13.0. The van der Waals surface area contributed by atoms with Gasteiger partial charge < -0.3 is 5.32 Å². The van der Waals surface area contributed by atoms with Crippen LogP contribution in [-0.4, -0.2) is 17.2 Å². The minimum absolute atomic E-state index is 0.0430. The van der Waals surface area contributed by atoms with Crippen molar-refractivity contribution in [1.82, 2.24) is 5.32 Å². The van der Waals surface area contributed by atoms with Gasteiger partial charge in [0.25, 0.3) is 0 Å². The smallest absolute Gasteiger partial charge is 0.233 e. The van der Waals surface area contributed by atoms with Crippen LogP contribution in [0.15, 0.2) is 29.2 Å². The van der Waals surface area contributed by atoms with E-state index in [2.05, 4.69) is 5.32 Å². The van der Waals surface area contributed by atoms with E-state index >= 15 is 0 Å². The molecule has 1 atom stereocenters. The van der Waals surface area contributed by atoms with Crippen molar-refractivity contribution < 1.29 is 4.79 Å². The number of nitrogens with one attached hydrogen (secondary N) is 1. The first kappa shape index (κ1) is 14.4. The standard InChI is InChI=1S/C13H18ClNOS/c1-4-12(13(16)15-9(2)3)17-11-7-5-10(14)6-8-11/h5-9,12H,4H2,1-3H3,(H,15,16). The summed E-state index contributed by atoms with van der Waals surface area (Å²) in [7, 11) is 0. The van der Waals surface area contributed by atoms with Crippen LogP contribution in [0.5, 0.6) is 0 Å². The SMILES string of the molecule is CCC(Sc1ccc(Cl)cc1)C(=O)NC(C)C. The zero-order valence-electron chi connectivity index (χ0n) is 10.4. The van der Waals surface area contributed by atoms with Gasteiger partial charge in [0.2, 0.25) is 5.91 Å². The fourth-order valence-electron chi connectivity index (χ4n) is 1.38. The van der Waals surface area contributed by atoms with Crippen LogP contribution in [0.3, 0.4) is 0 Å². The van der Waals surface area contributed by atoms with Gasteiger partial charge in [0, 0.05) is 16.0 Å². The molecule has 4 heteroatoms. The van der Waals surface area contributed by atoms with E-state index in [1.165, 1.54) is 0 Å². The summed E-state index contributed by atoms with van der Waals surface area (Å²) in [6.07, 6.45) is 0.811. The van der Waals surface area contributed by atoms with E-state index in [4.69, 9.17) is 11.6 Å². The van der Waals surface area contributed by atoms with Gasteiger partial charge >= 0.3 is 0 Å². The Kier molecular flexibility index (Phi) is 5.86. The third kappa shape index (κ3) is 5.00. The van der Waals surface area contributed by atoms with Crippen molar-refractivity contribution in [3.63, 3.8) is 0 Å². The van der Waals surface area contributed by atoms with Gasteiger partial charge in [0.15, 0.2) is 0 Å². The molecule has 1 aromatic rings. The van der Waals surface area contributed by atoms with Crippen molar-refractivity contribution in [2.24, 2.45) is 0 Å². The first-order valence-corrected chi connectivity index (χ1v) is 7.01. The van der Waals surface area contributed by atoms with Crippen molar-refractivity contribution >= 4 is 29.3 Å². The van der Waals surface area contributed by atoms with Gasteiger partial charge in [0.1, 0.15) is 0 Å². The van der Waals surface area contributed by atoms with Crippen molar-refractivity contribution in [1.29, 1.82) is 0 Å². The summed E-state index contributed by atoms with van der Waals surface area (Å²) in [5, 5.41) is 3.61. The van der Waals surface area contributed by atoms with Crippen LogP contribution < -0.4 is 5.32 Å². The maximum absolute atomic E-state index is 11.9. The van der Waals surface area contributed by atoms with Crippen LogP contribution in [-0.2, 0) is 4.79 Å². The molecule has 0 heterocycles. The monoisotopic (exact) mass is 271 g/mol. The lowest BCUT2D eigenvalue weighted by Gasteiger charge is -2.16. The molecule has 0 spiro atoms. The second-order valence-electron chi connectivity index (χ2n) is 4.13. The van der Waals surface area contributed by atoms with E-state index < -0.39 is 0 Å². The Morgan fingerprint density at radius 1 is 1.35 bits per heavy atom. The summed E-state index contributed by atoms with van der Waals surface area (Å²) in [5.41, 5.74) is 0. The quantitative estimate of drug-likeness (QED) is 0.827.